The molecule has 0 aromatic carbocycles. The van der Waals surface area contributed by atoms with E-state index in [1.165, 1.54) is 16.9 Å². The number of rotatable bonds is 3. The minimum atomic E-state index is -4.47. The van der Waals surface area contributed by atoms with Crippen molar-refractivity contribution in [3.63, 3.8) is 0 Å². The largest absolute Gasteiger partial charge is 0.417 e. The molecule has 1 fully saturated rings. The quantitative estimate of drug-likeness (QED) is 0.794. The van der Waals surface area contributed by atoms with Gasteiger partial charge in [-0.3, -0.25) is 9.00 Å². The monoisotopic (exact) mass is 400 g/mol. The Hall–Kier alpha value is -2.23. The van der Waals surface area contributed by atoms with E-state index >= 15 is 0 Å². The Morgan fingerprint density at radius 2 is 1.85 bits per heavy atom. The first-order valence-corrected chi connectivity index (χ1v) is 9.93. The summed E-state index contributed by atoms with van der Waals surface area (Å²) >= 11 is 0. The van der Waals surface area contributed by atoms with Crippen LogP contribution in [-0.2, 0) is 17.0 Å². The normalized spacial score (nSPS) is 16.1. The molecular formula is C17H19F3N4O2S. The number of carbonyl (C=O) groups is 1. The number of amides is 1. The molecule has 0 atom stereocenters. The zero-order valence-corrected chi connectivity index (χ0v) is 15.7. The molecule has 0 spiro atoms. The van der Waals surface area contributed by atoms with E-state index in [1.807, 2.05) is 13.8 Å². The van der Waals surface area contributed by atoms with Crippen molar-refractivity contribution in [3.8, 4) is 5.82 Å². The molecule has 2 aromatic rings. The summed E-state index contributed by atoms with van der Waals surface area (Å²) in [5.41, 5.74) is 0.125. The lowest BCUT2D eigenvalue weighted by Crippen LogP contribution is -2.42. The Balaban J connectivity index is 1.94. The second-order valence-electron chi connectivity index (χ2n) is 6.55. The Bertz CT molecular complexity index is 852. The van der Waals surface area contributed by atoms with Crippen LogP contribution in [0.1, 0.15) is 41.4 Å². The van der Waals surface area contributed by atoms with E-state index < -0.39 is 22.5 Å². The summed E-state index contributed by atoms with van der Waals surface area (Å²) in [6.45, 7) is 4.57. The van der Waals surface area contributed by atoms with E-state index in [4.69, 9.17) is 0 Å². The molecular weight excluding hydrogens is 381 g/mol. The van der Waals surface area contributed by atoms with Gasteiger partial charge in [-0.2, -0.15) is 18.3 Å². The van der Waals surface area contributed by atoms with Crippen molar-refractivity contribution in [1.29, 1.82) is 0 Å². The van der Waals surface area contributed by atoms with Crippen LogP contribution in [0.25, 0.3) is 5.82 Å². The zero-order chi connectivity index (χ0) is 19.8. The number of pyridine rings is 1. The molecule has 0 saturated carbocycles. The molecule has 0 radical (unpaired) electrons. The van der Waals surface area contributed by atoms with Crippen molar-refractivity contribution in [2.45, 2.75) is 25.9 Å². The van der Waals surface area contributed by atoms with Gasteiger partial charge in [-0.05, 0) is 18.1 Å². The number of hydrogen-bond acceptors (Lipinski definition) is 4. The number of aromatic nitrogens is 3. The average molecular weight is 400 g/mol. The third kappa shape index (κ3) is 4.05. The van der Waals surface area contributed by atoms with E-state index in [-0.39, 0.29) is 17.6 Å². The van der Waals surface area contributed by atoms with Crippen LogP contribution in [-0.4, -0.2) is 54.4 Å². The van der Waals surface area contributed by atoms with Gasteiger partial charge < -0.3 is 4.90 Å². The van der Waals surface area contributed by atoms with Crippen molar-refractivity contribution < 1.29 is 22.2 Å². The highest BCUT2D eigenvalue weighted by Crippen LogP contribution is 2.29. The van der Waals surface area contributed by atoms with E-state index in [2.05, 4.69) is 10.1 Å². The smallest absolute Gasteiger partial charge is 0.337 e. The molecule has 1 aliphatic heterocycles. The number of alkyl halides is 3. The van der Waals surface area contributed by atoms with Gasteiger partial charge in [-0.25, -0.2) is 9.67 Å². The fourth-order valence-corrected chi connectivity index (χ4v) is 4.00. The van der Waals surface area contributed by atoms with E-state index in [9.17, 15) is 22.2 Å². The molecule has 3 heterocycles. The summed E-state index contributed by atoms with van der Waals surface area (Å²) in [5, 5.41) is 4.20. The summed E-state index contributed by atoms with van der Waals surface area (Å²) in [6.07, 6.45) is -2.29. The van der Waals surface area contributed by atoms with E-state index in [0.717, 1.165) is 12.3 Å². The van der Waals surface area contributed by atoms with Gasteiger partial charge in [-0.1, -0.05) is 13.8 Å². The second kappa shape index (κ2) is 7.41. The maximum absolute atomic E-state index is 12.9. The molecule has 27 heavy (non-hydrogen) atoms. The maximum atomic E-state index is 12.9. The van der Waals surface area contributed by atoms with Gasteiger partial charge in [0.25, 0.3) is 5.91 Å². The van der Waals surface area contributed by atoms with Gasteiger partial charge in [-0.15, -0.1) is 0 Å². The van der Waals surface area contributed by atoms with Crippen LogP contribution in [0.5, 0.6) is 0 Å². The molecule has 1 aliphatic rings. The number of hydrogen-bond donors (Lipinski definition) is 0. The van der Waals surface area contributed by atoms with Crippen LogP contribution in [0.2, 0.25) is 0 Å². The molecule has 0 aliphatic carbocycles. The lowest BCUT2D eigenvalue weighted by molar-refractivity contribution is -0.137. The topological polar surface area (TPSA) is 68.1 Å². The van der Waals surface area contributed by atoms with Gasteiger partial charge in [0, 0.05) is 41.6 Å². The molecule has 6 nitrogen and oxygen atoms in total. The SMILES string of the molecule is CC(C)c1c(C(=O)N2CCS(=O)CC2)cnn1-c1ccc(C(F)(F)F)cn1. The highest BCUT2D eigenvalue weighted by molar-refractivity contribution is 7.85. The number of nitrogens with zero attached hydrogens (tertiary/aromatic N) is 4. The molecule has 2 aromatic heterocycles. The minimum Gasteiger partial charge on any atom is -0.337 e. The van der Waals surface area contributed by atoms with Crippen LogP contribution in [0.4, 0.5) is 13.2 Å². The van der Waals surface area contributed by atoms with Gasteiger partial charge in [0.2, 0.25) is 0 Å². The van der Waals surface area contributed by atoms with Crippen molar-refractivity contribution in [2.75, 3.05) is 24.6 Å². The van der Waals surface area contributed by atoms with Crippen molar-refractivity contribution in [1.82, 2.24) is 19.7 Å². The molecule has 1 saturated heterocycles. The molecule has 1 amide bonds. The first-order chi connectivity index (χ1) is 12.7. The number of carbonyl (C=O) groups excluding carboxylic acids is 1. The third-order valence-electron chi connectivity index (χ3n) is 4.34. The van der Waals surface area contributed by atoms with Crippen molar-refractivity contribution in [3.05, 3.63) is 41.3 Å². The minimum absolute atomic E-state index is 0.102. The predicted octanol–water partition coefficient (Wildman–Crippen LogP) is 2.61. The first-order valence-electron chi connectivity index (χ1n) is 8.44. The highest BCUT2D eigenvalue weighted by atomic mass is 32.2. The summed E-state index contributed by atoms with van der Waals surface area (Å²) in [6, 6.07) is 2.18. The van der Waals surface area contributed by atoms with Gasteiger partial charge >= 0.3 is 6.18 Å². The van der Waals surface area contributed by atoms with Crippen LogP contribution >= 0.6 is 0 Å². The van der Waals surface area contributed by atoms with Crippen LogP contribution in [0.15, 0.2) is 24.5 Å². The summed E-state index contributed by atoms with van der Waals surface area (Å²) in [4.78, 5) is 18.4. The van der Waals surface area contributed by atoms with E-state index in [0.29, 0.717) is 35.9 Å². The summed E-state index contributed by atoms with van der Waals surface area (Å²) < 4.78 is 51.1. The predicted molar refractivity (Wildman–Crippen MR) is 94.2 cm³/mol. The van der Waals surface area contributed by atoms with Gasteiger partial charge in [0.15, 0.2) is 5.82 Å². The third-order valence-corrected chi connectivity index (χ3v) is 5.62. The Morgan fingerprint density at radius 1 is 1.19 bits per heavy atom. The van der Waals surface area contributed by atoms with Gasteiger partial charge in [0.05, 0.1) is 23.0 Å². The molecule has 0 bridgehead atoms. The Kier molecular flexibility index (Phi) is 5.36. The molecule has 0 unspecified atom stereocenters. The van der Waals surface area contributed by atoms with Crippen LogP contribution in [0, 0.1) is 0 Å². The van der Waals surface area contributed by atoms with Crippen molar-refractivity contribution in [2.24, 2.45) is 0 Å². The molecule has 10 heteroatoms. The standard InChI is InChI=1S/C17H19F3N4O2S/c1-11(2)15-13(16(25)23-5-7-27(26)8-6-23)10-22-24(15)14-4-3-12(9-21-14)17(18,19)20/h3-4,9-11H,5-8H2,1-2H3. The van der Waals surface area contributed by atoms with Crippen LogP contribution in [0.3, 0.4) is 0 Å². The first kappa shape index (κ1) is 19.5. The average Bonchev–Trinajstić information content (AvgIpc) is 3.06. The zero-order valence-electron chi connectivity index (χ0n) is 14.9. The van der Waals surface area contributed by atoms with Crippen LogP contribution < -0.4 is 0 Å². The maximum Gasteiger partial charge on any atom is 0.417 e. The lowest BCUT2D eigenvalue weighted by Gasteiger charge is -2.26. The lowest BCUT2D eigenvalue weighted by atomic mass is 10.0. The number of halogens is 3. The Labute approximate surface area is 156 Å². The Morgan fingerprint density at radius 3 is 2.37 bits per heavy atom. The van der Waals surface area contributed by atoms with Gasteiger partial charge in [0.1, 0.15) is 0 Å². The summed E-state index contributed by atoms with van der Waals surface area (Å²) in [7, 11) is -0.899. The summed E-state index contributed by atoms with van der Waals surface area (Å²) in [5.74, 6) is 0.780. The highest BCUT2D eigenvalue weighted by Gasteiger charge is 2.31. The molecule has 3 rings (SSSR count). The van der Waals surface area contributed by atoms with E-state index in [1.54, 1.807) is 4.90 Å². The molecule has 0 N–H and O–H groups in total. The van der Waals surface area contributed by atoms with Crippen molar-refractivity contribution >= 4 is 16.7 Å². The fraction of sp³-hybridized carbons (Fsp3) is 0.471. The second-order valence-corrected chi connectivity index (χ2v) is 8.25. The molecule has 146 valence electrons. The fourth-order valence-electron chi connectivity index (χ4n) is 2.95.